The van der Waals surface area contributed by atoms with Crippen LogP contribution in [0, 0.1) is 6.92 Å². The molecule has 1 aromatic rings. The molecule has 1 aliphatic rings. The molecule has 0 radical (unpaired) electrons. The highest BCUT2D eigenvalue weighted by atomic mass is 32.2. The van der Waals surface area contributed by atoms with Gasteiger partial charge in [-0.1, -0.05) is 18.7 Å². The minimum absolute atomic E-state index is 0.123. The van der Waals surface area contributed by atoms with Gasteiger partial charge in [0, 0.05) is 23.9 Å². The number of nitrogens with one attached hydrogen (secondary N) is 2. The Bertz CT molecular complexity index is 792. The molecule has 1 heterocycles. The molecular formula is C22H34N4O6S. The summed E-state index contributed by atoms with van der Waals surface area (Å²) in [6.45, 7) is 8.16. The smallest absolute Gasteiger partial charge is 0.258 e. The van der Waals surface area contributed by atoms with E-state index in [1.165, 1.54) is 0 Å². The Labute approximate surface area is 198 Å². The van der Waals surface area contributed by atoms with E-state index in [0.717, 1.165) is 5.56 Å². The molecule has 0 saturated carbocycles. The topological polar surface area (TPSA) is 134 Å². The SMILES string of the molecule is Cc1cc(OCC(=O)NCCOCCOCCOCCN)ccc1C(=O)NC1=NCC(C)S1. The van der Waals surface area contributed by atoms with Crippen LogP contribution in [-0.4, -0.2) is 88.1 Å². The van der Waals surface area contributed by atoms with Crippen molar-refractivity contribution in [1.29, 1.82) is 0 Å². The second-order valence-corrected chi connectivity index (χ2v) is 8.70. The van der Waals surface area contributed by atoms with Gasteiger partial charge in [0.2, 0.25) is 0 Å². The summed E-state index contributed by atoms with van der Waals surface area (Å²) in [6.07, 6.45) is 0. The van der Waals surface area contributed by atoms with Gasteiger partial charge in [-0.05, 0) is 30.7 Å². The quantitative estimate of drug-likeness (QED) is 0.312. The summed E-state index contributed by atoms with van der Waals surface area (Å²) in [7, 11) is 0. The van der Waals surface area contributed by atoms with Crippen molar-refractivity contribution in [3.8, 4) is 5.75 Å². The van der Waals surface area contributed by atoms with Gasteiger partial charge in [0.25, 0.3) is 11.8 Å². The number of amides is 2. The van der Waals surface area contributed by atoms with Gasteiger partial charge in [-0.3, -0.25) is 14.6 Å². The van der Waals surface area contributed by atoms with E-state index in [-0.39, 0.29) is 18.4 Å². The second-order valence-electron chi connectivity index (χ2n) is 7.27. The van der Waals surface area contributed by atoms with Crippen LogP contribution in [0.15, 0.2) is 23.2 Å². The largest absolute Gasteiger partial charge is 0.484 e. The predicted molar refractivity (Wildman–Crippen MR) is 128 cm³/mol. The summed E-state index contributed by atoms with van der Waals surface area (Å²) in [4.78, 5) is 28.7. The molecule has 4 N–H and O–H groups in total. The lowest BCUT2D eigenvalue weighted by atomic mass is 10.1. The lowest BCUT2D eigenvalue weighted by molar-refractivity contribution is -0.123. The van der Waals surface area contributed by atoms with E-state index < -0.39 is 0 Å². The van der Waals surface area contributed by atoms with Crippen molar-refractivity contribution in [3.63, 3.8) is 0 Å². The number of benzene rings is 1. The molecular weight excluding hydrogens is 448 g/mol. The standard InChI is InChI=1S/C22H34N4O6S/c1-16-13-18(3-4-19(16)21(28)26-22-25-14-17(2)33-22)32-15-20(27)24-6-8-30-10-12-31-11-9-29-7-5-23/h3-4,13,17H,5-12,14-15,23H2,1-2H3,(H,24,27)(H,25,26,28). The Morgan fingerprint density at radius 3 is 2.45 bits per heavy atom. The van der Waals surface area contributed by atoms with Crippen LogP contribution in [0.4, 0.5) is 0 Å². The first-order valence-corrected chi connectivity index (χ1v) is 11.8. The first-order chi connectivity index (χ1) is 16.0. The van der Waals surface area contributed by atoms with Crippen molar-refractivity contribution in [2.75, 3.05) is 65.9 Å². The van der Waals surface area contributed by atoms with Crippen LogP contribution in [0.25, 0.3) is 0 Å². The van der Waals surface area contributed by atoms with Gasteiger partial charge in [-0.2, -0.15) is 0 Å². The first kappa shape index (κ1) is 27.1. The molecule has 0 spiro atoms. The summed E-state index contributed by atoms with van der Waals surface area (Å²) in [5.74, 6) is 0.0588. The Hall–Kier alpha value is -2.18. The highest BCUT2D eigenvalue weighted by Crippen LogP contribution is 2.20. The van der Waals surface area contributed by atoms with Crippen LogP contribution < -0.4 is 21.1 Å². The maximum atomic E-state index is 12.4. The summed E-state index contributed by atoms with van der Waals surface area (Å²) < 4.78 is 21.4. The first-order valence-electron chi connectivity index (χ1n) is 11.0. The monoisotopic (exact) mass is 482 g/mol. The number of aliphatic imine (C=N–C) groups is 1. The molecule has 1 aromatic carbocycles. The number of nitrogens with zero attached hydrogens (tertiary/aromatic N) is 1. The van der Waals surface area contributed by atoms with Gasteiger partial charge in [0.15, 0.2) is 11.8 Å². The molecule has 11 heteroatoms. The third-order valence-corrected chi connectivity index (χ3v) is 5.42. The number of hydrogen-bond acceptors (Lipinski definition) is 9. The van der Waals surface area contributed by atoms with Crippen LogP contribution in [0.1, 0.15) is 22.8 Å². The van der Waals surface area contributed by atoms with E-state index in [2.05, 4.69) is 22.5 Å². The minimum Gasteiger partial charge on any atom is -0.484 e. The fourth-order valence-corrected chi connectivity index (χ4v) is 3.61. The zero-order valence-corrected chi connectivity index (χ0v) is 20.1. The van der Waals surface area contributed by atoms with Crippen LogP contribution in [0.3, 0.4) is 0 Å². The van der Waals surface area contributed by atoms with Crippen molar-refractivity contribution in [3.05, 3.63) is 29.3 Å². The van der Waals surface area contributed by atoms with E-state index in [9.17, 15) is 9.59 Å². The molecule has 1 atom stereocenters. The van der Waals surface area contributed by atoms with Crippen LogP contribution in [0.5, 0.6) is 5.75 Å². The Morgan fingerprint density at radius 1 is 1.12 bits per heavy atom. The second kappa shape index (κ2) is 15.6. The van der Waals surface area contributed by atoms with E-state index in [1.807, 2.05) is 6.92 Å². The van der Waals surface area contributed by atoms with E-state index >= 15 is 0 Å². The molecule has 1 unspecified atom stereocenters. The third-order valence-electron chi connectivity index (χ3n) is 4.41. The average Bonchev–Trinajstić information content (AvgIpc) is 3.20. The zero-order valence-electron chi connectivity index (χ0n) is 19.3. The fraction of sp³-hybridized carbons (Fsp3) is 0.591. The van der Waals surface area contributed by atoms with E-state index in [4.69, 9.17) is 24.7 Å². The molecule has 184 valence electrons. The minimum atomic E-state index is -0.253. The molecule has 1 aliphatic heterocycles. The molecule has 0 aromatic heterocycles. The lowest BCUT2D eigenvalue weighted by Gasteiger charge is -2.11. The molecule has 0 aliphatic carbocycles. The van der Waals surface area contributed by atoms with Gasteiger partial charge >= 0.3 is 0 Å². The molecule has 0 fully saturated rings. The van der Waals surface area contributed by atoms with Crippen molar-refractivity contribution in [2.45, 2.75) is 19.1 Å². The number of aryl methyl sites for hydroxylation is 1. The average molecular weight is 483 g/mol. The zero-order chi connectivity index (χ0) is 23.9. The molecule has 2 rings (SSSR count). The maximum absolute atomic E-state index is 12.4. The van der Waals surface area contributed by atoms with Crippen molar-refractivity contribution < 1.29 is 28.5 Å². The van der Waals surface area contributed by atoms with Gasteiger partial charge in [-0.15, -0.1) is 0 Å². The van der Waals surface area contributed by atoms with Crippen molar-refractivity contribution in [1.82, 2.24) is 10.6 Å². The van der Waals surface area contributed by atoms with Gasteiger partial charge in [0.1, 0.15) is 5.75 Å². The lowest BCUT2D eigenvalue weighted by Crippen LogP contribution is -2.32. The highest BCUT2D eigenvalue weighted by Gasteiger charge is 2.19. The summed E-state index contributed by atoms with van der Waals surface area (Å²) in [5.41, 5.74) is 6.61. The van der Waals surface area contributed by atoms with Gasteiger partial charge < -0.3 is 35.3 Å². The summed E-state index contributed by atoms with van der Waals surface area (Å²) >= 11 is 1.55. The Kier molecular flexibility index (Phi) is 12.8. The maximum Gasteiger partial charge on any atom is 0.258 e. The van der Waals surface area contributed by atoms with Crippen LogP contribution in [-0.2, 0) is 19.0 Å². The normalized spacial score (nSPS) is 15.2. The number of rotatable bonds is 15. The highest BCUT2D eigenvalue weighted by molar-refractivity contribution is 8.14. The van der Waals surface area contributed by atoms with Crippen LogP contribution >= 0.6 is 11.8 Å². The molecule has 10 nitrogen and oxygen atoms in total. The number of thioether (sulfide) groups is 1. The number of amidine groups is 1. The number of carbonyl (C=O) groups excluding carboxylic acids is 2. The Morgan fingerprint density at radius 2 is 1.82 bits per heavy atom. The van der Waals surface area contributed by atoms with Crippen molar-refractivity contribution >= 4 is 28.7 Å². The van der Waals surface area contributed by atoms with Crippen molar-refractivity contribution in [2.24, 2.45) is 10.7 Å². The predicted octanol–water partition coefficient (Wildman–Crippen LogP) is 0.720. The summed E-state index contributed by atoms with van der Waals surface area (Å²) in [6, 6.07) is 5.09. The number of carbonyl (C=O) groups is 2. The fourth-order valence-electron chi connectivity index (χ4n) is 2.78. The Balaban J connectivity index is 1.56. The molecule has 0 bridgehead atoms. The van der Waals surface area contributed by atoms with E-state index in [1.54, 1.807) is 30.0 Å². The number of ether oxygens (including phenoxy) is 4. The number of nitrogens with two attached hydrogens (primary N) is 1. The van der Waals surface area contributed by atoms with Gasteiger partial charge in [-0.25, -0.2) is 0 Å². The van der Waals surface area contributed by atoms with E-state index in [0.29, 0.717) is 81.0 Å². The third kappa shape index (κ3) is 11.0. The van der Waals surface area contributed by atoms with Crippen LogP contribution in [0.2, 0.25) is 0 Å². The molecule has 2 amide bonds. The molecule has 33 heavy (non-hydrogen) atoms. The number of hydrogen-bond donors (Lipinski definition) is 3. The molecule has 0 saturated heterocycles. The summed E-state index contributed by atoms with van der Waals surface area (Å²) in [5, 5.41) is 6.58. The van der Waals surface area contributed by atoms with Gasteiger partial charge in [0.05, 0.1) is 46.2 Å².